The number of aliphatic hydroxyl groups is 2. The third kappa shape index (κ3) is 4.86. The van der Waals surface area contributed by atoms with Crippen molar-refractivity contribution in [2.45, 2.75) is 74.8 Å². The minimum Gasteiger partial charge on any atom is -0.393 e. The molecular weight excluding hydrogens is 594 g/mol. The number of hydrogen-bond donors (Lipinski definition) is 2. The first kappa shape index (κ1) is 30.5. The number of carbonyl (C=O) groups excluding carboxylic acids is 1. The number of alkyl halides is 1. The molecule has 230 valence electrons. The summed E-state index contributed by atoms with van der Waals surface area (Å²) < 4.78 is 45.1. The summed E-state index contributed by atoms with van der Waals surface area (Å²) in [4.78, 5) is 24.2. The van der Waals surface area contributed by atoms with Crippen molar-refractivity contribution in [1.29, 1.82) is 5.26 Å². The van der Waals surface area contributed by atoms with Crippen LogP contribution in [0.1, 0.15) is 77.5 Å². The molecule has 1 saturated heterocycles. The fourth-order valence-electron chi connectivity index (χ4n) is 6.53. The van der Waals surface area contributed by atoms with Crippen LogP contribution in [0.3, 0.4) is 0 Å². The van der Waals surface area contributed by atoms with E-state index < -0.39 is 40.9 Å². The van der Waals surface area contributed by atoms with Crippen LogP contribution >= 0.6 is 11.6 Å². The molecule has 3 aromatic rings. The molecule has 2 atom stereocenters. The minimum absolute atomic E-state index is 0.0606. The fraction of sp³-hybridized carbons (Fsp3) is 0.438. The van der Waals surface area contributed by atoms with Crippen molar-refractivity contribution in [3.63, 3.8) is 0 Å². The number of ether oxygens (including phenoxy) is 2. The van der Waals surface area contributed by atoms with Crippen LogP contribution in [0.5, 0.6) is 0 Å². The lowest BCUT2D eigenvalue weighted by Gasteiger charge is -2.45. The molecule has 0 spiro atoms. The van der Waals surface area contributed by atoms with Gasteiger partial charge in [-0.3, -0.25) is 9.69 Å². The smallest absolute Gasteiger partial charge is 0.257 e. The zero-order chi connectivity index (χ0) is 31.3. The Morgan fingerprint density at radius 2 is 1.86 bits per heavy atom. The summed E-state index contributed by atoms with van der Waals surface area (Å²) in [6.07, 6.45) is 1.77. The second-order valence-corrected chi connectivity index (χ2v) is 12.0. The molecular formula is C32H31ClF2N4O5. The first-order chi connectivity index (χ1) is 21.0. The van der Waals surface area contributed by atoms with E-state index in [1.54, 1.807) is 31.2 Å². The van der Waals surface area contributed by atoms with Crippen molar-refractivity contribution in [2.24, 2.45) is 0 Å². The quantitative estimate of drug-likeness (QED) is 0.371. The zero-order valence-electron chi connectivity index (χ0n) is 24.0. The second-order valence-electron chi connectivity index (χ2n) is 11.6. The molecule has 1 aliphatic carbocycles. The van der Waals surface area contributed by atoms with Crippen molar-refractivity contribution in [1.82, 2.24) is 14.9 Å². The molecule has 2 N–H and O–H groups in total. The molecule has 1 aromatic heterocycles. The number of rotatable bonds is 8. The summed E-state index contributed by atoms with van der Waals surface area (Å²) >= 11 is 6.21. The Labute approximate surface area is 258 Å². The van der Waals surface area contributed by atoms with Gasteiger partial charge in [-0.25, -0.2) is 18.7 Å². The molecule has 2 fully saturated rings. The van der Waals surface area contributed by atoms with Crippen LogP contribution in [-0.4, -0.2) is 62.1 Å². The van der Waals surface area contributed by atoms with E-state index in [0.29, 0.717) is 10.6 Å². The predicted molar refractivity (Wildman–Crippen MR) is 153 cm³/mol. The molecule has 1 unspecified atom stereocenters. The Bertz CT molecular complexity index is 1610. The minimum atomic E-state index is -2.11. The van der Waals surface area contributed by atoms with E-state index in [-0.39, 0.29) is 79.9 Å². The average molecular weight is 625 g/mol. The number of amides is 1. The third-order valence-electron chi connectivity index (χ3n) is 9.08. The van der Waals surface area contributed by atoms with Crippen LogP contribution in [0.25, 0.3) is 0 Å². The SMILES string of the molecule is CCC(O)(c1cc(F)c2c(c1)C(=O)N(Cc1ncc(C#N)cn1)[C@@]2(O[C@H]1C[C@@H](O)C1)c1ccc(Cl)cc1)C1(F)CCOCC1. The number of nitrogens with zero attached hydrogens (tertiary/aromatic N) is 4. The lowest BCUT2D eigenvalue weighted by Crippen LogP contribution is -2.52. The van der Waals surface area contributed by atoms with Crippen molar-refractivity contribution in [2.75, 3.05) is 13.2 Å². The van der Waals surface area contributed by atoms with Crippen LogP contribution in [-0.2, 0) is 27.3 Å². The van der Waals surface area contributed by atoms with Gasteiger partial charge in [0, 0.05) is 49.0 Å². The Morgan fingerprint density at radius 3 is 2.45 bits per heavy atom. The lowest BCUT2D eigenvalue weighted by atomic mass is 9.72. The molecule has 12 heteroatoms. The lowest BCUT2D eigenvalue weighted by molar-refractivity contribution is -0.191. The molecule has 2 aromatic carbocycles. The fourth-order valence-corrected chi connectivity index (χ4v) is 6.66. The van der Waals surface area contributed by atoms with Gasteiger partial charge in [-0.15, -0.1) is 0 Å². The number of benzene rings is 2. The number of halogens is 3. The Kier molecular flexibility index (Phi) is 7.93. The van der Waals surface area contributed by atoms with Crippen molar-refractivity contribution >= 4 is 17.5 Å². The normalized spacial score (nSPS) is 25.6. The zero-order valence-corrected chi connectivity index (χ0v) is 24.7. The van der Waals surface area contributed by atoms with E-state index in [0.717, 1.165) is 6.07 Å². The summed E-state index contributed by atoms with van der Waals surface area (Å²) in [6, 6.07) is 10.8. The summed E-state index contributed by atoms with van der Waals surface area (Å²) in [5.74, 6) is -1.36. The molecule has 0 bridgehead atoms. The molecule has 1 amide bonds. The number of aliphatic hydroxyl groups excluding tert-OH is 1. The van der Waals surface area contributed by atoms with Gasteiger partial charge in [0.25, 0.3) is 5.91 Å². The van der Waals surface area contributed by atoms with Crippen molar-refractivity contribution in [3.8, 4) is 6.07 Å². The highest BCUT2D eigenvalue weighted by Crippen LogP contribution is 2.52. The van der Waals surface area contributed by atoms with Crippen LogP contribution in [0, 0.1) is 17.1 Å². The summed E-state index contributed by atoms with van der Waals surface area (Å²) in [7, 11) is 0. The number of fused-ring (bicyclic) bond motifs is 1. The van der Waals surface area contributed by atoms with E-state index in [4.69, 9.17) is 21.1 Å². The van der Waals surface area contributed by atoms with Gasteiger partial charge in [0.15, 0.2) is 0 Å². The van der Waals surface area contributed by atoms with Crippen LogP contribution < -0.4 is 0 Å². The highest BCUT2D eigenvalue weighted by Gasteiger charge is 2.58. The Balaban J connectivity index is 1.55. The molecule has 6 rings (SSSR count). The molecule has 44 heavy (non-hydrogen) atoms. The van der Waals surface area contributed by atoms with Crippen molar-refractivity contribution in [3.05, 3.63) is 93.3 Å². The van der Waals surface area contributed by atoms with Crippen LogP contribution in [0.15, 0.2) is 48.8 Å². The molecule has 3 aliphatic rings. The van der Waals surface area contributed by atoms with Crippen molar-refractivity contribution < 1.29 is 33.3 Å². The largest absolute Gasteiger partial charge is 0.393 e. The van der Waals surface area contributed by atoms with Crippen LogP contribution in [0.2, 0.25) is 5.02 Å². The van der Waals surface area contributed by atoms with Gasteiger partial charge in [0.1, 0.15) is 29.0 Å². The molecule has 9 nitrogen and oxygen atoms in total. The Morgan fingerprint density at radius 1 is 1.20 bits per heavy atom. The maximum absolute atomic E-state index is 16.7. The summed E-state index contributed by atoms with van der Waals surface area (Å²) in [5, 5.41) is 31.5. The standard InChI is InChI=1S/C32H31ClF2N4O5/c1-2-31(42,30(35)7-9-43-10-8-30)21-11-25-28(26(34)12-21)32(44-24-13-23(40)14-24,20-3-5-22(33)6-4-20)39(29(25)41)18-27-37-16-19(15-36)17-38-27/h3-6,11-12,16-17,23-24,40,42H,2,7-10,13-14,18H2,1H3/t23-,24+,31?,32-/m1/s1. The van der Waals surface area contributed by atoms with Crippen LogP contribution in [0.4, 0.5) is 8.78 Å². The van der Waals surface area contributed by atoms with Gasteiger partial charge in [0.2, 0.25) is 5.72 Å². The summed E-state index contributed by atoms with van der Waals surface area (Å²) in [6.45, 7) is 1.57. The number of hydrogen-bond acceptors (Lipinski definition) is 8. The predicted octanol–water partition coefficient (Wildman–Crippen LogP) is 4.65. The number of nitriles is 1. The first-order valence-corrected chi connectivity index (χ1v) is 14.9. The van der Waals surface area contributed by atoms with Gasteiger partial charge < -0.3 is 19.7 Å². The van der Waals surface area contributed by atoms with Gasteiger partial charge in [0.05, 0.1) is 35.4 Å². The van der Waals surface area contributed by atoms with E-state index in [1.807, 2.05) is 6.07 Å². The van der Waals surface area contributed by atoms with Gasteiger partial charge in [-0.05, 0) is 49.1 Å². The Hall–Kier alpha value is -3.53. The average Bonchev–Trinajstić information content (AvgIpc) is 3.24. The topological polar surface area (TPSA) is 129 Å². The monoisotopic (exact) mass is 624 g/mol. The first-order valence-electron chi connectivity index (χ1n) is 14.5. The highest BCUT2D eigenvalue weighted by molar-refractivity contribution is 6.30. The number of aromatic nitrogens is 2. The van der Waals surface area contributed by atoms with E-state index in [2.05, 4.69) is 9.97 Å². The van der Waals surface area contributed by atoms with Gasteiger partial charge >= 0.3 is 0 Å². The molecule has 0 radical (unpaired) electrons. The third-order valence-corrected chi connectivity index (χ3v) is 9.33. The van der Waals surface area contributed by atoms with E-state index in [9.17, 15) is 20.3 Å². The van der Waals surface area contributed by atoms with Gasteiger partial charge in [-0.2, -0.15) is 5.26 Å². The van der Waals surface area contributed by atoms with E-state index >= 15 is 8.78 Å². The second kappa shape index (κ2) is 11.4. The molecule has 1 saturated carbocycles. The highest BCUT2D eigenvalue weighted by atomic mass is 35.5. The maximum atomic E-state index is 16.7. The molecule has 3 heterocycles. The molecule has 2 aliphatic heterocycles. The van der Waals surface area contributed by atoms with E-state index in [1.165, 1.54) is 23.4 Å². The maximum Gasteiger partial charge on any atom is 0.257 e. The number of carbonyl (C=O) groups is 1. The summed E-state index contributed by atoms with van der Waals surface area (Å²) in [5.41, 5.74) is -5.73. The van der Waals surface area contributed by atoms with Gasteiger partial charge in [-0.1, -0.05) is 30.7 Å².